The highest BCUT2D eigenvalue weighted by Crippen LogP contribution is 2.35. The summed E-state index contributed by atoms with van der Waals surface area (Å²) in [6.07, 6.45) is 1.50. The summed E-state index contributed by atoms with van der Waals surface area (Å²) in [5.74, 6) is 1.16. The maximum atomic E-state index is 11.8. The van der Waals surface area contributed by atoms with Crippen LogP contribution in [-0.4, -0.2) is 19.8 Å². The van der Waals surface area contributed by atoms with Crippen LogP contribution in [0.5, 0.6) is 11.5 Å². The number of H-pyrrole nitrogens is 1. The van der Waals surface area contributed by atoms with Crippen LogP contribution in [0.15, 0.2) is 65.6 Å². The van der Waals surface area contributed by atoms with Crippen molar-refractivity contribution >= 4 is 17.2 Å². The first-order chi connectivity index (χ1) is 11.7. The molecule has 4 aromatic rings. The van der Waals surface area contributed by atoms with Gasteiger partial charge >= 0.3 is 5.69 Å². The molecular formula is C17H11ClN4O2. The predicted molar refractivity (Wildman–Crippen MR) is 90.6 cm³/mol. The Bertz CT molecular complexity index is 1060. The first kappa shape index (κ1) is 14.5. The summed E-state index contributed by atoms with van der Waals surface area (Å²) in [6, 6.07) is 16.6. The van der Waals surface area contributed by atoms with Gasteiger partial charge in [0.05, 0.1) is 11.8 Å². The third-order valence-corrected chi connectivity index (χ3v) is 3.77. The molecule has 0 aliphatic rings. The molecule has 0 fully saturated rings. The predicted octanol–water partition coefficient (Wildman–Crippen LogP) is 3.53. The SMILES string of the molecule is O=c1[nH]nc2c(-c3ccc(Cl)cc3)c(Oc3ccccc3)cnn12. The molecule has 0 aliphatic heterocycles. The first-order valence-electron chi connectivity index (χ1n) is 7.17. The van der Waals surface area contributed by atoms with Gasteiger partial charge in [0.15, 0.2) is 11.4 Å². The van der Waals surface area contributed by atoms with Gasteiger partial charge in [-0.15, -0.1) is 0 Å². The fourth-order valence-corrected chi connectivity index (χ4v) is 2.55. The molecule has 0 saturated carbocycles. The second kappa shape index (κ2) is 5.82. The molecule has 0 amide bonds. The third kappa shape index (κ3) is 2.53. The number of fused-ring (bicyclic) bond motifs is 1. The number of nitrogens with one attached hydrogen (secondary N) is 1. The molecule has 118 valence electrons. The van der Waals surface area contributed by atoms with Gasteiger partial charge in [-0.3, -0.25) is 0 Å². The Kier molecular flexibility index (Phi) is 3.51. The van der Waals surface area contributed by atoms with Gasteiger partial charge in [0.1, 0.15) is 5.75 Å². The van der Waals surface area contributed by atoms with E-state index in [1.54, 1.807) is 12.1 Å². The molecule has 0 unspecified atom stereocenters. The first-order valence-corrected chi connectivity index (χ1v) is 7.55. The highest BCUT2D eigenvalue weighted by molar-refractivity contribution is 6.30. The highest BCUT2D eigenvalue weighted by atomic mass is 35.5. The zero-order valence-corrected chi connectivity index (χ0v) is 13.1. The topological polar surface area (TPSA) is 72.3 Å². The highest BCUT2D eigenvalue weighted by Gasteiger charge is 2.16. The van der Waals surface area contributed by atoms with Crippen molar-refractivity contribution < 1.29 is 4.74 Å². The summed E-state index contributed by atoms with van der Waals surface area (Å²) < 4.78 is 7.14. The van der Waals surface area contributed by atoms with Crippen LogP contribution < -0.4 is 10.4 Å². The second-order valence-electron chi connectivity index (χ2n) is 5.07. The van der Waals surface area contributed by atoms with E-state index in [0.717, 1.165) is 5.56 Å². The van der Waals surface area contributed by atoms with Gasteiger partial charge in [0, 0.05) is 5.02 Å². The summed E-state index contributed by atoms with van der Waals surface area (Å²) in [5, 5.41) is 11.2. The van der Waals surface area contributed by atoms with Crippen LogP contribution in [0, 0.1) is 0 Å². The Morgan fingerprint density at radius 1 is 1.04 bits per heavy atom. The van der Waals surface area contributed by atoms with Crippen LogP contribution >= 0.6 is 11.6 Å². The zero-order valence-electron chi connectivity index (χ0n) is 12.3. The number of aromatic nitrogens is 4. The Balaban J connectivity index is 1.94. The van der Waals surface area contributed by atoms with Crippen LogP contribution in [0.2, 0.25) is 5.02 Å². The lowest BCUT2D eigenvalue weighted by atomic mass is 10.1. The van der Waals surface area contributed by atoms with Gasteiger partial charge in [-0.05, 0) is 29.8 Å². The molecule has 2 heterocycles. The van der Waals surface area contributed by atoms with Gasteiger partial charge in [0.2, 0.25) is 0 Å². The van der Waals surface area contributed by atoms with Crippen molar-refractivity contribution in [3.63, 3.8) is 0 Å². The lowest BCUT2D eigenvalue weighted by Crippen LogP contribution is -2.12. The van der Waals surface area contributed by atoms with E-state index >= 15 is 0 Å². The van der Waals surface area contributed by atoms with Gasteiger partial charge < -0.3 is 4.74 Å². The molecule has 0 spiro atoms. The van der Waals surface area contributed by atoms with E-state index < -0.39 is 5.69 Å². The molecular weight excluding hydrogens is 328 g/mol. The summed E-state index contributed by atoms with van der Waals surface area (Å²) in [7, 11) is 0. The molecule has 2 aromatic heterocycles. The monoisotopic (exact) mass is 338 g/mol. The molecule has 0 radical (unpaired) electrons. The number of rotatable bonds is 3. The quantitative estimate of drug-likeness (QED) is 0.620. The van der Waals surface area contributed by atoms with Crippen LogP contribution in [0.4, 0.5) is 0 Å². The summed E-state index contributed by atoms with van der Waals surface area (Å²) >= 11 is 5.97. The molecule has 24 heavy (non-hydrogen) atoms. The van der Waals surface area contributed by atoms with Gasteiger partial charge in [0.25, 0.3) is 0 Å². The molecule has 0 atom stereocenters. The molecule has 0 bridgehead atoms. The van der Waals surface area contributed by atoms with E-state index in [1.165, 1.54) is 10.7 Å². The Labute approximate surface area is 141 Å². The van der Waals surface area contributed by atoms with Crippen molar-refractivity contribution in [3.8, 4) is 22.6 Å². The number of hydrogen-bond acceptors (Lipinski definition) is 4. The van der Waals surface area contributed by atoms with Gasteiger partial charge in [-0.1, -0.05) is 41.9 Å². The van der Waals surface area contributed by atoms with Crippen LogP contribution in [0.1, 0.15) is 0 Å². The number of benzene rings is 2. The normalized spacial score (nSPS) is 10.9. The fraction of sp³-hybridized carbons (Fsp3) is 0. The maximum Gasteiger partial charge on any atom is 0.364 e. The van der Waals surface area contributed by atoms with E-state index in [4.69, 9.17) is 16.3 Å². The standard InChI is InChI=1S/C17H11ClN4O2/c18-12-8-6-11(7-9-12)15-14(24-13-4-2-1-3-5-13)10-19-22-16(15)20-21-17(22)23/h1-10H,(H,21,23). The average molecular weight is 339 g/mol. The van der Waals surface area contributed by atoms with E-state index in [1.807, 2.05) is 42.5 Å². The Morgan fingerprint density at radius 2 is 1.79 bits per heavy atom. The maximum absolute atomic E-state index is 11.8. The molecule has 0 saturated heterocycles. The number of nitrogens with zero attached hydrogens (tertiary/aromatic N) is 3. The van der Waals surface area contributed by atoms with E-state index in [2.05, 4.69) is 15.3 Å². The van der Waals surface area contributed by atoms with Crippen molar-refractivity contribution in [2.75, 3.05) is 0 Å². The molecule has 6 nitrogen and oxygen atoms in total. The van der Waals surface area contributed by atoms with Crippen LogP contribution in [-0.2, 0) is 0 Å². The lowest BCUT2D eigenvalue weighted by molar-refractivity contribution is 0.480. The largest absolute Gasteiger partial charge is 0.455 e. The molecule has 7 heteroatoms. The smallest absolute Gasteiger partial charge is 0.364 e. The minimum atomic E-state index is -0.411. The van der Waals surface area contributed by atoms with E-state index in [9.17, 15) is 4.79 Å². The van der Waals surface area contributed by atoms with Crippen molar-refractivity contribution in [2.24, 2.45) is 0 Å². The average Bonchev–Trinajstić information content (AvgIpc) is 2.98. The fourth-order valence-electron chi connectivity index (χ4n) is 2.43. The molecule has 1 N–H and O–H groups in total. The summed E-state index contributed by atoms with van der Waals surface area (Å²) in [6.45, 7) is 0. The lowest BCUT2D eigenvalue weighted by Gasteiger charge is -2.11. The Morgan fingerprint density at radius 3 is 2.54 bits per heavy atom. The van der Waals surface area contributed by atoms with E-state index in [0.29, 0.717) is 27.7 Å². The van der Waals surface area contributed by atoms with E-state index in [-0.39, 0.29) is 0 Å². The molecule has 4 rings (SSSR count). The molecule has 2 aromatic carbocycles. The third-order valence-electron chi connectivity index (χ3n) is 3.51. The Hall–Kier alpha value is -3.12. The summed E-state index contributed by atoms with van der Waals surface area (Å²) in [5.41, 5.74) is 1.45. The van der Waals surface area contributed by atoms with Crippen molar-refractivity contribution in [1.82, 2.24) is 19.8 Å². The minimum absolute atomic E-state index is 0.385. The van der Waals surface area contributed by atoms with Crippen molar-refractivity contribution in [1.29, 1.82) is 0 Å². The number of para-hydroxylation sites is 1. The second-order valence-corrected chi connectivity index (χ2v) is 5.51. The number of halogens is 1. The number of aromatic amines is 1. The molecule has 0 aliphatic carbocycles. The number of ether oxygens (including phenoxy) is 1. The zero-order chi connectivity index (χ0) is 16.5. The van der Waals surface area contributed by atoms with Crippen LogP contribution in [0.25, 0.3) is 16.8 Å². The van der Waals surface area contributed by atoms with Crippen molar-refractivity contribution in [3.05, 3.63) is 76.3 Å². The van der Waals surface area contributed by atoms with Gasteiger partial charge in [-0.25, -0.2) is 9.89 Å². The van der Waals surface area contributed by atoms with Crippen LogP contribution in [0.3, 0.4) is 0 Å². The number of hydrogen-bond donors (Lipinski definition) is 1. The minimum Gasteiger partial charge on any atom is -0.455 e. The van der Waals surface area contributed by atoms with Gasteiger partial charge in [-0.2, -0.15) is 14.7 Å². The van der Waals surface area contributed by atoms with Crippen molar-refractivity contribution in [2.45, 2.75) is 0 Å². The summed E-state index contributed by atoms with van der Waals surface area (Å²) in [4.78, 5) is 11.8.